The molecule has 0 aliphatic heterocycles. The van der Waals surface area contributed by atoms with Crippen LogP contribution in [0.5, 0.6) is 0 Å². The summed E-state index contributed by atoms with van der Waals surface area (Å²) in [4.78, 5) is 0. The van der Waals surface area contributed by atoms with Crippen LogP contribution in [-0.4, -0.2) is 11.7 Å². The van der Waals surface area contributed by atoms with Gasteiger partial charge in [-0.1, -0.05) is 41.4 Å². The summed E-state index contributed by atoms with van der Waals surface area (Å²) in [6.07, 6.45) is -1.12. The smallest absolute Gasteiger partial charge is 0.130 e. The maximum Gasteiger partial charge on any atom is 0.130 e. The van der Waals surface area contributed by atoms with Gasteiger partial charge < -0.3 is 10.8 Å². The summed E-state index contributed by atoms with van der Waals surface area (Å²) in [7, 11) is 0. The van der Waals surface area contributed by atoms with E-state index in [9.17, 15) is 9.50 Å². The maximum atomic E-state index is 13.9. The Balaban J connectivity index is 2.39. The van der Waals surface area contributed by atoms with Crippen LogP contribution in [0.3, 0.4) is 0 Å². The summed E-state index contributed by atoms with van der Waals surface area (Å²) >= 11 is 11.8. The molecule has 0 saturated heterocycles. The third-order valence-corrected chi connectivity index (χ3v) is 3.81. The Labute approximate surface area is 126 Å². The Morgan fingerprint density at radius 2 is 1.75 bits per heavy atom. The van der Waals surface area contributed by atoms with Crippen LogP contribution in [-0.2, 0) is 0 Å². The molecule has 0 radical (unpaired) electrons. The van der Waals surface area contributed by atoms with Gasteiger partial charge >= 0.3 is 0 Å². The highest BCUT2D eigenvalue weighted by molar-refractivity contribution is 6.31. The van der Waals surface area contributed by atoms with Crippen molar-refractivity contribution >= 4 is 23.2 Å². The third kappa shape index (κ3) is 3.13. The van der Waals surface area contributed by atoms with Crippen LogP contribution in [0.25, 0.3) is 0 Å². The lowest BCUT2D eigenvalue weighted by Crippen LogP contribution is -2.21. The van der Waals surface area contributed by atoms with Crippen LogP contribution in [0, 0.1) is 5.82 Å². The molecule has 2 aromatic carbocycles. The minimum Gasteiger partial charge on any atom is -0.388 e. The second-order valence-corrected chi connectivity index (χ2v) is 5.32. The fourth-order valence-electron chi connectivity index (χ4n) is 2.15. The molecule has 3 N–H and O–H groups in total. The average molecular weight is 314 g/mol. The highest BCUT2D eigenvalue weighted by atomic mass is 35.5. The van der Waals surface area contributed by atoms with Crippen molar-refractivity contribution in [2.45, 2.75) is 12.0 Å². The molecule has 2 unspecified atom stereocenters. The van der Waals surface area contributed by atoms with Crippen molar-refractivity contribution in [1.82, 2.24) is 0 Å². The first kappa shape index (κ1) is 15.3. The molecule has 0 fully saturated rings. The standard InChI is InChI=1S/C15H14Cl2FNO/c16-10-6-4-9(5-7-10)11(8-19)15(20)14-12(17)2-1-3-13(14)18/h1-7,11,15,20H,8,19H2. The predicted molar refractivity (Wildman–Crippen MR) is 79.6 cm³/mol. The number of hydrogen-bond donors (Lipinski definition) is 2. The third-order valence-electron chi connectivity index (χ3n) is 3.23. The fourth-order valence-corrected chi connectivity index (χ4v) is 2.55. The van der Waals surface area contributed by atoms with E-state index in [0.29, 0.717) is 5.02 Å². The van der Waals surface area contributed by atoms with Crippen LogP contribution in [0.4, 0.5) is 4.39 Å². The summed E-state index contributed by atoms with van der Waals surface area (Å²) in [5.41, 5.74) is 6.57. The number of aliphatic hydroxyl groups excluding tert-OH is 1. The van der Waals surface area contributed by atoms with Gasteiger partial charge in [-0.05, 0) is 29.8 Å². The van der Waals surface area contributed by atoms with E-state index >= 15 is 0 Å². The molecule has 2 aromatic rings. The zero-order chi connectivity index (χ0) is 14.7. The van der Waals surface area contributed by atoms with E-state index in [-0.39, 0.29) is 17.1 Å². The molecular weight excluding hydrogens is 300 g/mol. The number of aliphatic hydroxyl groups is 1. The molecular formula is C15H14Cl2FNO. The first-order chi connectivity index (χ1) is 9.54. The van der Waals surface area contributed by atoms with Gasteiger partial charge in [0.15, 0.2) is 0 Å². The maximum absolute atomic E-state index is 13.9. The lowest BCUT2D eigenvalue weighted by Gasteiger charge is -2.23. The summed E-state index contributed by atoms with van der Waals surface area (Å²) in [6, 6.07) is 11.2. The molecule has 0 aromatic heterocycles. The van der Waals surface area contributed by atoms with Crippen LogP contribution < -0.4 is 5.73 Å². The van der Waals surface area contributed by atoms with Crippen LogP contribution in [0.1, 0.15) is 23.1 Å². The molecule has 0 spiro atoms. The molecule has 0 amide bonds. The molecule has 0 saturated carbocycles. The van der Waals surface area contributed by atoms with Crippen molar-refractivity contribution in [2.75, 3.05) is 6.54 Å². The molecule has 0 heterocycles. The largest absolute Gasteiger partial charge is 0.388 e. The number of nitrogens with two attached hydrogens (primary N) is 1. The Morgan fingerprint density at radius 1 is 1.10 bits per heavy atom. The van der Waals surface area contributed by atoms with Gasteiger partial charge in [0.1, 0.15) is 5.82 Å². The van der Waals surface area contributed by atoms with Crippen LogP contribution >= 0.6 is 23.2 Å². The summed E-state index contributed by atoms with van der Waals surface area (Å²) in [5.74, 6) is -1.00. The van der Waals surface area contributed by atoms with Gasteiger partial charge in [0.2, 0.25) is 0 Å². The van der Waals surface area contributed by atoms with Gasteiger partial charge in [-0.2, -0.15) is 0 Å². The molecule has 2 atom stereocenters. The molecule has 2 rings (SSSR count). The van der Waals surface area contributed by atoms with E-state index in [1.807, 2.05) is 0 Å². The van der Waals surface area contributed by atoms with Crippen molar-refractivity contribution < 1.29 is 9.50 Å². The van der Waals surface area contributed by atoms with E-state index in [1.54, 1.807) is 30.3 Å². The number of benzene rings is 2. The number of halogens is 3. The zero-order valence-electron chi connectivity index (χ0n) is 10.6. The van der Waals surface area contributed by atoms with Crippen molar-refractivity contribution in [3.8, 4) is 0 Å². The van der Waals surface area contributed by atoms with E-state index in [0.717, 1.165) is 5.56 Å². The highest BCUT2D eigenvalue weighted by Gasteiger charge is 2.26. The lowest BCUT2D eigenvalue weighted by molar-refractivity contribution is 0.143. The Morgan fingerprint density at radius 3 is 2.30 bits per heavy atom. The lowest BCUT2D eigenvalue weighted by atomic mass is 9.89. The van der Waals surface area contributed by atoms with Gasteiger partial charge in [0.25, 0.3) is 0 Å². The number of rotatable bonds is 4. The van der Waals surface area contributed by atoms with Crippen molar-refractivity contribution in [2.24, 2.45) is 5.73 Å². The van der Waals surface area contributed by atoms with Gasteiger partial charge in [0.05, 0.1) is 6.10 Å². The van der Waals surface area contributed by atoms with Crippen molar-refractivity contribution in [3.63, 3.8) is 0 Å². The number of hydrogen-bond acceptors (Lipinski definition) is 2. The van der Waals surface area contributed by atoms with E-state index in [4.69, 9.17) is 28.9 Å². The molecule has 0 aliphatic carbocycles. The van der Waals surface area contributed by atoms with E-state index in [1.165, 1.54) is 12.1 Å². The molecule has 0 bridgehead atoms. The second-order valence-electron chi connectivity index (χ2n) is 4.47. The summed E-state index contributed by atoms with van der Waals surface area (Å²) in [5, 5.41) is 11.2. The minimum absolute atomic E-state index is 0.0690. The fraction of sp³-hybridized carbons (Fsp3) is 0.200. The Kier molecular flexibility index (Phi) is 5.00. The summed E-state index contributed by atoms with van der Waals surface area (Å²) < 4.78 is 13.9. The predicted octanol–water partition coefficient (Wildman–Crippen LogP) is 3.91. The minimum atomic E-state index is -1.12. The highest BCUT2D eigenvalue weighted by Crippen LogP contribution is 2.35. The first-order valence-corrected chi connectivity index (χ1v) is 6.87. The quantitative estimate of drug-likeness (QED) is 0.899. The Hall–Kier alpha value is -1.13. The van der Waals surface area contributed by atoms with E-state index in [2.05, 4.69) is 0 Å². The Bertz CT molecular complexity index is 569. The SMILES string of the molecule is NCC(c1ccc(Cl)cc1)C(O)c1c(F)cccc1Cl. The monoisotopic (exact) mass is 313 g/mol. The topological polar surface area (TPSA) is 46.2 Å². The zero-order valence-corrected chi connectivity index (χ0v) is 12.1. The van der Waals surface area contributed by atoms with Crippen LogP contribution in [0.2, 0.25) is 10.0 Å². The molecule has 2 nitrogen and oxygen atoms in total. The van der Waals surface area contributed by atoms with Gasteiger partial charge in [-0.15, -0.1) is 0 Å². The van der Waals surface area contributed by atoms with Gasteiger partial charge in [-0.3, -0.25) is 0 Å². The summed E-state index contributed by atoms with van der Waals surface area (Å²) in [6.45, 7) is 0.160. The molecule has 0 aliphatic rings. The van der Waals surface area contributed by atoms with Gasteiger partial charge in [0, 0.05) is 28.1 Å². The second kappa shape index (κ2) is 6.55. The normalized spacial score (nSPS) is 14.1. The first-order valence-electron chi connectivity index (χ1n) is 6.12. The van der Waals surface area contributed by atoms with Gasteiger partial charge in [-0.25, -0.2) is 4.39 Å². The van der Waals surface area contributed by atoms with Crippen molar-refractivity contribution in [1.29, 1.82) is 0 Å². The average Bonchev–Trinajstić information content (AvgIpc) is 2.41. The molecule has 5 heteroatoms. The van der Waals surface area contributed by atoms with Crippen LogP contribution in [0.15, 0.2) is 42.5 Å². The van der Waals surface area contributed by atoms with Crippen molar-refractivity contribution in [3.05, 3.63) is 69.5 Å². The van der Waals surface area contributed by atoms with E-state index < -0.39 is 17.8 Å². The molecule has 106 valence electrons. The molecule has 20 heavy (non-hydrogen) atoms.